The van der Waals surface area contributed by atoms with Gasteiger partial charge >= 0.3 is 0 Å². The third-order valence-electron chi connectivity index (χ3n) is 3.85. The molecule has 0 amide bonds. The van der Waals surface area contributed by atoms with Gasteiger partial charge in [-0.05, 0) is 49.4 Å². The van der Waals surface area contributed by atoms with E-state index >= 15 is 0 Å². The van der Waals surface area contributed by atoms with Gasteiger partial charge in [-0.1, -0.05) is 0 Å². The predicted molar refractivity (Wildman–Crippen MR) is 79.3 cm³/mol. The Kier molecular flexibility index (Phi) is 4.99. The van der Waals surface area contributed by atoms with Gasteiger partial charge in [-0.2, -0.15) is 5.26 Å². The van der Waals surface area contributed by atoms with Gasteiger partial charge in [-0.3, -0.25) is 0 Å². The molecule has 0 bridgehead atoms. The monoisotopic (exact) mass is 308 g/mol. The molecule has 5 nitrogen and oxygen atoms in total. The highest BCUT2D eigenvalue weighted by molar-refractivity contribution is 7.89. The van der Waals surface area contributed by atoms with Gasteiger partial charge in [0.1, 0.15) is 0 Å². The zero-order chi connectivity index (χ0) is 15.5. The Morgan fingerprint density at radius 2 is 2.05 bits per heavy atom. The van der Waals surface area contributed by atoms with E-state index in [-0.39, 0.29) is 4.90 Å². The molecule has 1 aromatic carbocycles. The molecule has 1 aliphatic rings. The highest BCUT2D eigenvalue weighted by Gasteiger charge is 2.26. The van der Waals surface area contributed by atoms with Crippen LogP contribution in [0.15, 0.2) is 23.1 Å². The van der Waals surface area contributed by atoms with E-state index in [2.05, 4.69) is 0 Å². The van der Waals surface area contributed by atoms with E-state index in [1.165, 1.54) is 10.4 Å². The molecule has 0 unspecified atom stereocenters. The summed E-state index contributed by atoms with van der Waals surface area (Å²) < 4.78 is 32.0. The van der Waals surface area contributed by atoms with E-state index in [9.17, 15) is 8.42 Å². The van der Waals surface area contributed by atoms with Gasteiger partial charge in [0.2, 0.25) is 10.0 Å². The number of hydrogen-bond donors (Lipinski definition) is 0. The number of hydrogen-bond acceptors (Lipinski definition) is 4. The molecule has 1 fully saturated rings. The van der Waals surface area contributed by atoms with E-state index in [0.717, 1.165) is 12.8 Å². The minimum Gasteiger partial charge on any atom is -0.381 e. The zero-order valence-corrected chi connectivity index (χ0v) is 13.2. The number of nitrogens with zero attached hydrogens (tertiary/aromatic N) is 2. The Bertz CT molecular complexity index is 643. The highest BCUT2D eigenvalue weighted by atomic mass is 32.2. The van der Waals surface area contributed by atoms with Gasteiger partial charge in [0.05, 0.1) is 16.5 Å². The van der Waals surface area contributed by atoms with Crippen LogP contribution in [-0.4, -0.2) is 39.5 Å². The normalized spacial score (nSPS) is 16.9. The predicted octanol–water partition coefficient (Wildman–Crippen LogP) is 1.91. The molecular formula is C15H20N2O3S. The van der Waals surface area contributed by atoms with E-state index in [1.54, 1.807) is 26.1 Å². The third-order valence-corrected chi connectivity index (χ3v) is 5.83. The van der Waals surface area contributed by atoms with Crippen LogP contribution in [0, 0.1) is 24.2 Å². The summed E-state index contributed by atoms with van der Waals surface area (Å²) in [6.45, 7) is 3.63. The van der Waals surface area contributed by atoms with Gasteiger partial charge in [0.15, 0.2) is 0 Å². The number of rotatable bonds is 4. The van der Waals surface area contributed by atoms with Gasteiger partial charge in [-0.25, -0.2) is 12.7 Å². The van der Waals surface area contributed by atoms with Crippen LogP contribution in [-0.2, 0) is 14.8 Å². The van der Waals surface area contributed by atoms with Gasteiger partial charge in [0.25, 0.3) is 0 Å². The summed E-state index contributed by atoms with van der Waals surface area (Å²) in [7, 11) is -1.90. The summed E-state index contributed by atoms with van der Waals surface area (Å²) in [5.74, 6) is 0.345. The van der Waals surface area contributed by atoms with Gasteiger partial charge in [0, 0.05) is 26.8 Å². The second-order valence-corrected chi connectivity index (χ2v) is 7.45. The van der Waals surface area contributed by atoms with Crippen molar-refractivity contribution < 1.29 is 13.2 Å². The van der Waals surface area contributed by atoms with Crippen LogP contribution >= 0.6 is 0 Å². The summed E-state index contributed by atoms with van der Waals surface area (Å²) in [6, 6.07) is 6.69. The molecule has 21 heavy (non-hydrogen) atoms. The fourth-order valence-corrected chi connectivity index (χ4v) is 4.02. The van der Waals surface area contributed by atoms with Crippen LogP contribution in [0.5, 0.6) is 0 Å². The van der Waals surface area contributed by atoms with Crippen molar-refractivity contribution in [3.05, 3.63) is 29.3 Å². The first kappa shape index (κ1) is 16.0. The molecule has 0 saturated carbocycles. The quantitative estimate of drug-likeness (QED) is 0.852. The number of nitriles is 1. The lowest BCUT2D eigenvalue weighted by Gasteiger charge is -2.27. The van der Waals surface area contributed by atoms with Crippen molar-refractivity contribution in [1.29, 1.82) is 5.26 Å². The SMILES string of the molecule is Cc1cc(C#N)ccc1S(=O)(=O)N(C)CC1CCOCC1. The van der Waals surface area contributed by atoms with Crippen LogP contribution in [0.1, 0.15) is 24.0 Å². The molecule has 0 aliphatic carbocycles. The number of sulfonamides is 1. The van der Waals surface area contributed by atoms with Crippen LogP contribution in [0.25, 0.3) is 0 Å². The second-order valence-electron chi connectivity index (χ2n) is 5.43. The lowest BCUT2D eigenvalue weighted by atomic mass is 10.0. The van der Waals surface area contributed by atoms with Crippen LogP contribution in [0.2, 0.25) is 0 Å². The van der Waals surface area contributed by atoms with Crippen molar-refractivity contribution in [2.45, 2.75) is 24.7 Å². The minimum absolute atomic E-state index is 0.274. The third kappa shape index (κ3) is 3.62. The zero-order valence-electron chi connectivity index (χ0n) is 12.4. The van der Waals surface area contributed by atoms with E-state index in [4.69, 9.17) is 10.00 Å². The average molecular weight is 308 g/mol. The summed E-state index contributed by atoms with van der Waals surface area (Å²) in [4.78, 5) is 0.274. The van der Waals surface area contributed by atoms with Crippen molar-refractivity contribution in [3.8, 4) is 6.07 Å². The summed E-state index contributed by atoms with van der Waals surface area (Å²) in [5, 5.41) is 8.86. The highest BCUT2D eigenvalue weighted by Crippen LogP contribution is 2.23. The fourth-order valence-electron chi connectivity index (χ4n) is 2.57. The van der Waals surface area contributed by atoms with E-state index in [0.29, 0.717) is 36.8 Å². The van der Waals surface area contributed by atoms with Crippen molar-refractivity contribution in [2.24, 2.45) is 5.92 Å². The average Bonchev–Trinajstić information content (AvgIpc) is 2.47. The lowest BCUT2D eigenvalue weighted by Crippen LogP contribution is -2.34. The van der Waals surface area contributed by atoms with Crippen LogP contribution in [0.3, 0.4) is 0 Å². The molecule has 0 radical (unpaired) electrons. The Balaban J connectivity index is 2.18. The second kappa shape index (κ2) is 6.56. The largest absolute Gasteiger partial charge is 0.381 e. The number of aryl methyl sites for hydroxylation is 1. The standard InChI is InChI=1S/C15H20N2O3S/c1-12-9-14(10-16)3-4-15(12)21(18,19)17(2)11-13-5-7-20-8-6-13/h3-4,9,13H,5-8,11H2,1-2H3. The molecule has 0 N–H and O–H groups in total. The first-order chi connectivity index (χ1) is 9.95. The Labute approximate surface area is 126 Å². The van der Waals surface area contributed by atoms with Crippen LogP contribution < -0.4 is 0 Å². The maximum absolute atomic E-state index is 12.6. The Hall–Kier alpha value is -1.42. The maximum Gasteiger partial charge on any atom is 0.243 e. The van der Waals surface area contributed by atoms with E-state index < -0.39 is 10.0 Å². The van der Waals surface area contributed by atoms with Crippen molar-refractivity contribution in [2.75, 3.05) is 26.8 Å². The lowest BCUT2D eigenvalue weighted by molar-refractivity contribution is 0.0620. The first-order valence-electron chi connectivity index (χ1n) is 7.00. The van der Waals surface area contributed by atoms with Crippen LogP contribution in [0.4, 0.5) is 0 Å². The molecule has 1 heterocycles. The van der Waals surface area contributed by atoms with Crippen molar-refractivity contribution >= 4 is 10.0 Å². The van der Waals surface area contributed by atoms with Gasteiger partial charge < -0.3 is 4.74 Å². The Morgan fingerprint density at radius 1 is 1.38 bits per heavy atom. The molecule has 0 aromatic heterocycles. The smallest absolute Gasteiger partial charge is 0.243 e. The molecule has 1 aliphatic heterocycles. The van der Waals surface area contributed by atoms with Crippen molar-refractivity contribution in [3.63, 3.8) is 0 Å². The summed E-state index contributed by atoms with van der Waals surface area (Å²) in [6.07, 6.45) is 1.79. The van der Waals surface area contributed by atoms with Gasteiger partial charge in [-0.15, -0.1) is 0 Å². The molecule has 1 saturated heterocycles. The molecule has 0 spiro atoms. The maximum atomic E-state index is 12.6. The minimum atomic E-state index is -3.51. The number of ether oxygens (including phenoxy) is 1. The summed E-state index contributed by atoms with van der Waals surface area (Å²) in [5.41, 5.74) is 1.08. The number of benzene rings is 1. The molecule has 0 atom stereocenters. The fraction of sp³-hybridized carbons (Fsp3) is 0.533. The molecule has 114 valence electrons. The molecular weight excluding hydrogens is 288 g/mol. The summed E-state index contributed by atoms with van der Waals surface area (Å²) >= 11 is 0. The Morgan fingerprint density at radius 3 is 2.62 bits per heavy atom. The molecule has 2 rings (SSSR count). The molecule has 1 aromatic rings. The molecule has 6 heteroatoms. The first-order valence-corrected chi connectivity index (χ1v) is 8.44. The van der Waals surface area contributed by atoms with E-state index in [1.807, 2.05) is 6.07 Å². The van der Waals surface area contributed by atoms with Crippen molar-refractivity contribution in [1.82, 2.24) is 4.31 Å². The topological polar surface area (TPSA) is 70.4 Å².